The van der Waals surface area contributed by atoms with E-state index >= 15 is 0 Å². The van der Waals surface area contributed by atoms with Crippen molar-refractivity contribution in [3.05, 3.63) is 24.4 Å². The Morgan fingerprint density at radius 1 is 1.45 bits per heavy atom. The molecule has 1 aromatic rings. The maximum Gasteiger partial charge on any atom is 0.213 e. The van der Waals surface area contributed by atoms with E-state index in [1.807, 2.05) is 0 Å². The Kier molecular flexibility index (Phi) is 8.65. The normalized spacial score (nSPS) is 12.1. The molecule has 7 nitrogen and oxygen atoms in total. The molecule has 20 heavy (non-hydrogen) atoms. The summed E-state index contributed by atoms with van der Waals surface area (Å²) in [6.07, 6.45) is 1.62. The van der Waals surface area contributed by atoms with Crippen LogP contribution in [-0.4, -0.2) is 37.7 Å². The number of nitrogens with one attached hydrogen (secondary N) is 2. The number of pyridine rings is 1. The molecule has 0 fully saturated rings. The van der Waals surface area contributed by atoms with E-state index in [4.69, 9.17) is 5.73 Å². The van der Waals surface area contributed by atoms with Gasteiger partial charge in [0.15, 0.2) is 5.96 Å². The van der Waals surface area contributed by atoms with Crippen LogP contribution < -0.4 is 15.8 Å². The molecular formula is C11H20IN5O2S. The SMILES string of the molecule is CC(C)NS(=O)(=O)CCN=C(N)Nc1ccccn1.I. The van der Waals surface area contributed by atoms with E-state index in [2.05, 4.69) is 20.0 Å². The molecule has 1 heterocycles. The lowest BCUT2D eigenvalue weighted by atomic mass is 10.4. The van der Waals surface area contributed by atoms with Gasteiger partial charge in [0.05, 0.1) is 12.3 Å². The quantitative estimate of drug-likeness (QED) is 0.362. The number of rotatable bonds is 6. The minimum atomic E-state index is -3.31. The molecule has 0 atom stereocenters. The molecular weight excluding hydrogens is 393 g/mol. The summed E-state index contributed by atoms with van der Waals surface area (Å²) in [6.45, 7) is 3.61. The Labute approximate surface area is 136 Å². The van der Waals surface area contributed by atoms with Crippen molar-refractivity contribution in [1.29, 1.82) is 0 Å². The third-order valence-corrected chi connectivity index (χ3v) is 3.53. The van der Waals surface area contributed by atoms with Crippen LogP contribution in [0, 0.1) is 0 Å². The number of aromatic nitrogens is 1. The van der Waals surface area contributed by atoms with E-state index in [0.717, 1.165) is 0 Å². The van der Waals surface area contributed by atoms with Crippen molar-refractivity contribution < 1.29 is 8.42 Å². The zero-order chi connectivity index (χ0) is 14.3. The molecule has 0 aliphatic heterocycles. The standard InChI is InChI=1S/C11H19N5O2S.HI/c1-9(2)16-19(17,18)8-7-14-11(12)15-10-5-3-4-6-13-10;/h3-6,9,16H,7-8H2,1-2H3,(H3,12,13,14,15);1H. The van der Waals surface area contributed by atoms with Gasteiger partial charge in [0.1, 0.15) is 5.82 Å². The lowest BCUT2D eigenvalue weighted by Crippen LogP contribution is -2.33. The molecule has 0 saturated carbocycles. The maximum atomic E-state index is 11.5. The molecule has 0 aliphatic carbocycles. The molecule has 0 unspecified atom stereocenters. The van der Waals surface area contributed by atoms with Gasteiger partial charge in [-0.2, -0.15) is 0 Å². The summed E-state index contributed by atoms with van der Waals surface area (Å²) < 4.78 is 25.5. The van der Waals surface area contributed by atoms with Gasteiger partial charge in [0.2, 0.25) is 10.0 Å². The van der Waals surface area contributed by atoms with Crippen LogP contribution in [0.4, 0.5) is 5.82 Å². The minimum Gasteiger partial charge on any atom is -0.370 e. The highest BCUT2D eigenvalue weighted by atomic mass is 127. The molecule has 4 N–H and O–H groups in total. The molecule has 114 valence electrons. The van der Waals surface area contributed by atoms with Gasteiger partial charge < -0.3 is 11.1 Å². The largest absolute Gasteiger partial charge is 0.370 e. The monoisotopic (exact) mass is 413 g/mol. The second kappa shape index (κ2) is 9.08. The number of halogens is 1. The van der Waals surface area contributed by atoms with E-state index < -0.39 is 10.0 Å². The Morgan fingerprint density at radius 2 is 2.15 bits per heavy atom. The second-order valence-electron chi connectivity index (χ2n) is 4.20. The van der Waals surface area contributed by atoms with E-state index in [0.29, 0.717) is 5.82 Å². The number of aliphatic imine (C=N–C) groups is 1. The summed E-state index contributed by atoms with van der Waals surface area (Å²) in [5, 5.41) is 2.77. The molecule has 9 heteroatoms. The molecule has 0 spiro atoms. The number of anilines is 1. The van der Waals surface area contributed by atoms with E-state index in [-0.39, 0.29) is 48.3 Å². The second-order valence-corrected chi connectivity index (χ2v) is 6.07. The number of hydrogen-bond donors (Lipinski definition) is 3. The first-order chi connectivity index (χ1) is 8.89. The zero-order valence-corrected chi connectivity index (χ0v) is 14.6. The summed E-state index contributed by atoms with van der Waals surface area (Å²) in [5.41, 5.74) is 5.62. The van der Waals surface area contributed by atoms with Crippen molar-refractivity contribution in [1.82, 2.24) is 9.71 Å². The highest BCUT2D eigenvalue weighted by molar-refractivity contribution is 14.0. The average Bonchev–Trinajstić information content (AvgIpc) is 2.28. The fraction of sp³-hybridized carbons (Fsp3) is 0.455. The molecule has 0 bridgehead atoms. The number of nitrogens with zero attached hydrogens (tertiary/aromatic N) is 2. The van der Waals surface area contributed by atoms with Gasteiger partial charge >= 0.3 is 0 Å². The van der Waals surface area contributed by atoms with Crippen molar-refractivity contribution in [2.24, 2.45) is 10.7 Å². The summed E-state index contributed by atoms with van der Waals surface area (Å²) in [6, 6.07) is 5.19. The summed E-state index contributed by atoms with van der Waals surface area (Å²) in [7, 11) is -3.31. The lowest BCUT2D eigenvalue weighted by molar-refractivity contribution is 0.570. The van der Waals surface area contributed by atoms with Crippen LogP contribution in [0.15, 0.2) is 29.4 Å². The maximum absolute atomic E-state index is 11.5. The fourth-order valence-corrected chi connectivity index (χ4v) is 2.48. The van der Waals surface area contributed by atoms with Gasteiger partial charge in [-0.25, -0.2) is 18.1 Å². The molecule has 0 radical (unpaired) electrons. The molecule has 1 aromatic heterocycles. The van der Waals surface area contributed by atoms with Crippen LogP contribution in [0.5, 0.6) is 0 Å². The first-order valence-corrected chi connectivity index (χ1v) is 7.52. The highest BCUT2D eigenvalue weighted by Gasteiger charge is 2.10. The van der Waals surface area contributed by atoms with Gasteiger partial charge in [0, 0.05) is 12.2 Å². The van der Waals surface area contributed by atoms with Gasteiger partial charge in [-0.3, -0.25) is 4.99 Å². The smallest absolute Gasteiger partial charge is 0.213 e. The van der Waals surface area contributed by atoms with Crippen LogP contribution in [-0.2, 0) is 10.0 Å². The van der Waals surface area contributed by atoms with E-state index in [9.17, 15) is 8.42 Å². The molecule has 0 saturated heterocycles. The van der Waals surface area contributed by atoms with Crippen molar-refractivity contribution in [3.8, 4) is 0 Å². The number of sulfonamides is 1. The zero-order valence-electron chi connectivity index (χ0n) is 11.4. The molecule has 1 rings (SSSR count). The predicted molar refractivity (Wildman–Crippen MR) is 91.8 cm³/mol. The Balaban J connectivity index is 0.00000361. The minimum absolute atomic E-state index is 0. The topological polar surface area (TPSA) is 109 Å². The molecule has 0 aromatic carbocycles. The Bertz CT molecular complexity index is 519. The average molecular weight is 413 g/mol. The van der Waals surface area contributed by atoms with Crippen molar-refractivity contribution in [3.63, 3.8) is 0 Å². The van der Waals surface area contributed by atoms with Crippen LogP contribution >= 0.6 is 24.0 Å². The fourth-order valence-electron chi connectivity index (χ4n) is 1.31. The molecule has 0 amide bonds. The van der Waals surface area contributed by atoms with Crippen LogP contribution in [0.3, 0.4) is 0 Å². The van der Waals surface area contributed by atoms with Crippen LogP contribution in [0.25, 0.3) is 0 Å². The van der Waals surface area contributed by atoms with Crippen LogP contribution in [0.1, 0.15) is 13.8 Å². The first-order valence-electron chi connectivity index (χ1n) is 5.87. The third-order valence-electron chi connectivity index (χ3n) is 1.98. The van der Waals surface area contributed by atoms with Gasteiger partial charge in [0.25, 0.3) is 0 Å². The molecule has 0 aliphatic rings. The summed E-state index contributed by atoms with van der Waals surface area (Å²) in [5.74, 6) is 0.598. The lowest BCUT2D eigenvalue weighted by Gasteiger charge is -2.08. The Morgan fingerprint density at radius 3 is 2.70 bits per heavy atom. The number of guanidine groups is 1. The highest BCUT2D eigenvalue weighted by Crippen LogP contribution is 1.98. The summed E-state index contributed by atoms with van der Waals surface area (Å²) >= 11 is 0. The van der Waals surface area contributed by atoms with Gasteiger partial charge in [-0.15, -0.1) is 24.0 Å². The third kappa shape index (κ3) is 8.27. The van der Waals surface area contributed by atoms with Gasteiger partial charge in [-0.1, -0.05) is 6.07 Å². The van der Waals surface area contributed by atoms with Gasteiger partial charge in [-0.05, 0) is 26.0 Å². The van der Waals surface area contributed by atoms with Crippen LogP contribution in [0.2, 0.25) is 0 Å². The van der Waals surface area contributed by atoms with E-state index in [1.54, 1.807) is 38.2 Å². The number of nitrogens with two attached hydrogens (primary N) is 1. The Hall–Kier alpha value is -0.940. The first kappa shape index (κ1) is 19.1. The van der Waals surface area contributed by atoms with E-state index in [1.165, 1.54) is 0 Å². The van der Waals surface area contributed by atoms with Crippen molar-refractivity contribution in [2.45, 2.75) is 19.9 Å². The summed E-state index contributed by atoms with van der Waals surface area (Å²) in [4.78, 5) is 7.95. The number of hydrogen-bond acceptors (Lipinski definition) is 4. The predicted octanol–water partition coefficient (Wildman–Crippen LogP) is 0.754. The van der Waals surface area contributed by atoms with Crippen molar-refractivity contribution in [2.75, 3.05) is 17.6 Å². The van der Waals surface area contributed by atoms with Crippen molar-refractivity contribution >= 4 is 45.8 Å².